The molecule has 2 aromatic rings. The Bertz CT molecular complexity index is 599. The van der Waals surface area contributed by atoms with E-state index < -0.39 is 10.8 Å². The molecule has 0 saturated carbocycles. The van der Waals surface area contributed by atoms with Crippen molar-refractivity contribution < 1.29 is 8.95 Å². The number of benzene rings is 1. The van der Waals surface area contributed by atoms with E-state index in [1.807, 2.05) is 31.2 Å². The molecule has 5 heteroatoms. The second-order valence-electron chi connectivity index (χ2n) is 4.12. The van der Waals surface area contributed by atoms with Gasteiger partial charge < -0.3 is 4.74 Å². The number of methoxy groups -OCH3 is 1. The average Bonchev–Trinajstić information content (AvgIpc) is 2.39. The second-order valence-corrected chi connectivity index (χ2v) is 6.43. The molecule has 3 nitrogen and oxygen atoms in total. The molecule has 0 aliphatic carbocycles. The van der Waals surface area contributed by atoms with Crippen LogP contribution in [0.1, 0.15) is 11.1 Å². The van der Waals surface area contributed by atoms with Crippen molar-refractivity contribution in [1.29, 1.82) is 0 Å². The number of hydrogen-bond donors (Lipinski definition) is 0. The number of aryl methyl sites for hydroxylation is 1. The van der Waals surface area contributed by atoms with Crippen molar-refractivity contribution >= 4 is 26.7 Å². The second kappa shape index (κ2) is 6.30. The third-order valence-corrected chi connectivity index (χ3v) is 4.42. The van der Waals surface area contributed by atoms with Crippen molar-refractivity contribution in [3.63, 3.8) is 0 Å². The summed E-state index contributed by atoms with van der Waals surface area (Å²) >= 11 is 3.41. The van der Waals surface area contributed by atoms with E-state index in [0.717, 1.165) is 21.3 Å². The number of rotatable bonds is 4. The molecule has 0 amide bonds. The SMILES string of the molecule is COc1ccc(Br)cc1C[S@@](=O)c1ccc(C)cn1. The van der Waals surface area contributed by atoms with Crippen molar-refractivity contribution in [3.05, 3.63) is 52.1 Å². The first-order chi connectivity index (χ1) is 9.10. The zero-order valence-electron chi connectivity index (χ0n) is 10.7. The summed E-state index contributed by atoms with van der Waals surface area (Å²) in [5.74, 6) is 1.13. The molecule has 0 radical (unpaired) electrons. The van der Waals surface area contributed by atoms with Gasteiger partial charge >= 0.3 is 0 Å². The summed E-state index contributed by atoms with van der Waals surface area (Å²) in [7, 11) is 0.436. The lowest BCUT2D eigenvalue weighted by Gasteiger charge is -2.08. The fourth-order valence-corrected chi connectivity index (χ4v) is 3.12. The molecule has 1 heterocycles. The van der Waals surface area contributed by atoms with Crippen molar-refractivity contribution in [2.24, 2.45) is 0 Å². The Morgan fingerprint density at radius 2 is 2.11 bits per heavy atom. The van der Waals surface area contributed by atoms with Crippen molar-refractivity contribution in [2.75, 3.05) is 7.11 Å². The average molecular weight is 340 g/mol. The minimum atomic E-state index is -1.17. The number of pyridine rings is 1. The van der Waals surface area contributed by atoms with E-state index in [1.165, 1.54) is 0 Å². The van der Waals surface area contributed by atoms with Gasteiger partial charge in [-0.25, -0.2) is 4.98 Å². The molecule has 0 spiro atoms. The summed E-state index contributed by atoms with van der Waals surface area (Å²) in [4.78, 5) is 4.20. The highest BCUT2D eigenvalue weighted by atomic mass is 79.9. The topological polar surface area (TPSA) is 39.2 Å². The van der Waals surface area contributed by atoms with Crippen molar-refractivity contribution in [3.8, 4) is 5.75 Å². The Morgan fingerprint density at radius 1 is 1.32 bits per heavy atom. The number of aromatic nitrogens is 1. The molecule has 1 aromatic heterocycles. The maximum Gasteiger partial charge on any atom is 0.127 e. The van der Waals surface area contributed by atoms with E-state index in [4.69, 9.17) is 4.74 Å². The zero-order valence-corrected chi connectivity index (χ0v) is 13.1. The Balaban J connectivity index is 2.23. The summed E-state index contributed by atoms with van der Waals surface area (Å²) in [5.41, 5.74) is 1.96. The number of halogens is 1. The molecule has 0 bridgehead atoms. The van der Waals surface area contributed by atoms with Crippen LogP contribution in [0.15, 0.2) is 46.0 Å². The summed E-state index contributed by atoms with van der Waals surface area (Å²) < 4.78 is 18.5. The quantitative estimate of drug-likeness (QED) is 0.856. The van der Waals surface area contributed by atoms with Crippen LogP contribution in [0, 0.1) is 6.92 Å². The lowest BCUT2D eigenvalue weighted by Crippen LogP contribution is -2.01. The third-order valence-electron chi connectivity index (χ3n) is 2.65. The lowest BCUT2D eigenvalue weighted by atomic mass is 10.2. The highest BCUT2D eigenvalue weighted by Crippen LogP contribution is 2.25. The van der Waals surface area contributed by atoms with Gasteiger partial charge in [-0.2, -0.15) is 0 Å². The molecule has 0 aliphatic rings. The van der Waals surface area contributed by atoms with Crippen LogP contribution in [0.3, 0.4) is 0 Å². The largest absolute Gasteiger partial charge is 0.496 e. The Labute approximate surface area is 123 Å². The third kappa shape index (κ3) is 3.64. The van der Waals surface area contributed by atoms with Crippen LogP contribution in [-0.2, 0) is 16.6 Å². The molecule has 1 aromatic carbocycles. The van der Waals surface area contributed by atoms with Gasteiger partial charge in [-0.1, -0.05) is 22.0 Å². The maximum absolute atomic E-state index is 12.3. The smallest absolute Gasteiger partial charge is 0.127 e. The van der Waals surface area contributed by atoms with E-state index in [-0.39, 0.29) is 0 Å². The summed E-state index contributed by atoms with van der Waals surface area (Å²) in [6, 6.07) is 9.40. The van der Waals surface area contributed by atoms with E-state index in [1.54, 1.807) is 19.4 Å². The van der Waals surface area contributed by atoms with E-state index in [9.17, 15) is 4.21 Å². The van der Waals surface area contributed by atoms with Gasteiger partial charge in [0.05, 0.1) is 23.7 Å². The Hall–Kier alpha value is -1.20. The number of hydrogen-bond acceptors (Lipinski definition) is 3. The molecular formula is C14H14BrNO2S. The summed E-state index contributed by atoms with van der Waals surface area (Å²) in [6.07, 6.45) is 1.73. The van der Waals surface area contributed by atoms with Crippen LogP contribution in [0.2, 0.25) is 0 Å². The molecule has 0 unspecified atom stereocenters. The Morgan fingerprint density at radius 3 is 2.74 bits per heavy atom. The van der Waals surface area contributed by atoms with Crippen LogP contribution in [0.25, 0.3) is 0 Å². The Kier molecular flexibility index (Phi) is 4.71. The van der Waals surface area contributed by atoms with Crippen LogP contribution in [0.4, 0.5) is 0 Å². The molecular weight excluding hydrogens is 326 g/mol. The molecule has 100 valence electrons. The van der Waals surface area contributed by atoms with E-state index in [2.05, 4.69) is 20.9 Å². The fraction of sp³-hybridized carbons (Fsp3) is 0.214. The zero-order chi connectivity index (χ0) is 13.8. The number of nitrogens with zero attached hydrogens (tertiary/aromatic N) is 1. The highest BCUT2D eigenvalue weighted by molar-refractivity contribution is 9.10. The minimum absolute atomic E-state index is 0.388. The van der Waals surface area contributed by atoms with Crippen molar-refractivity contribution in [2.45, 2.75) is 17.7 Å². The monoisotopic (exact) mass is 339 g/mol. The lowest BCUT2D eigenvalue weighted by molar-refractivity contribution is 0.411. The minimum Gasteiger partial charge on any atom is -0.496 e. The molecule has 1 atom stereocenters. The van der Waals surface area contributed by atoms with Gasteiger partial charge in [0, 0.05) is 16.2 Å². The number of ether oxygens (including phenoxy) is 1. The van der Waals surface area contributed by atoms with E-state index in [0.29, 0.717) is 10.8 Å². The van der Waals surface area contributed by atoms with Gasteiger partial charge in [0.15, 0.2) is 0 Å². The van der Waals surface area contributed by atoms with Gasteiger partial charge in [0.2, 0.25) is 0 Å². The molecule has 2 rings (SSSR count). The first-order valence-electron chi connectivity index (χ1n) is 5.73. The molecule has 0 aliphatic heterocycles. The van der Waals surface area contributed by atoms with Gasteiger partial charge in [-0.05, 0) is 36.8 Å². The van der Waals surface area contributed by atoms with Gasteiger partial charge in [0.1, 0.15) is 10.8 Å². The van der Waals surface area contributed by atoms with Gasteiger partial charge in [-0.3, -0.25) is 4.21 Å². The van der Waals surface area contributed by atoms with E-state index >= 15 is 0 Å². The van der Waals surface area contributed by atoms with Gasteiger partial charge in [0.25, 0.3) is 0 Å². The predicted octanol–water partition coefficient (Wildman–Crippen LogP) is 3.47. The molecule has 19 heavy (non-hydrogen) atoms. The first-order valence-corrected chi connectivity index (χ1v) is 7.85. The van der Waals surface area contributed by atoms with Crippen molar-refractivity contribution in [1.82, 2.24) is 4.98 Å². The summed E-state index contributed by atoms with van der Waals surface area (Å²) in [5, 5.41) is 0.590. The molecule has 0 N–H and O–H groups in total. The summed E-state index contributed by atoms with van der Waals surface area (Å²) in [6.45, 7) is 1.96. The van der Waals surface area contributed by atoms with Crippen LogP contribution < -0.4 is 4.74 Å². The van der Waals surface area contributed by atoms with Crippen LogP contribution in [-0.4, -0.2) is 16.3 Å². The fourth-order valence-electron chi connectivity index (χ4n) is 1.66. The highest BCUT2D eigenvalue weighted by Gasteiger charge is 2.11. The molecule has 0 fully saturated rings. The standard InChI is InChI=1S/C14H14BrNO2S/c1-10-3-6-14(16-8-10)19(17)9-11-7-12(15)4-5-13(11)18-2/h3-8H,9H2,1-2H3/t19-/m1/s1. The molecule has 0 saturated heterocycles. The van der Waals surface area contributed by atoms with Crippen LogP contribution >= 0.6 is 15.9 Å². The predicted molar refractivity (Wildman–Crippen MR) is 79.8 cm³/mol. The van der Waals surface area contributed by atoms with Crippen LogP contribution in [0.5, 0.6) is 5.75 Å². The normalized spacial score (nSPS) is 12.2. The van der Waals surface area contributed by atoms with Gasteiger partial charge in [-0.15, -0.1) is 0 Å². The maximum atomic E-state index is 12.3. The first kappa shape index (κ1) is 14.2.